The van der Waals surface area contributed by atoms with Crippen LogP contribution in [0.25, 0.3) is 0 Å². The molecule has 2 unspecified atom stereocenters. The highest BCUT2D eigenvalue weighted by Gasteiger charge is 2.55. The lowest BCUT2D eigenvalue weighted by molar-refractivity contribution is -0.167. The molecule has 2 atom stereocenters. The maximum atomic E-state index is 13.2. The van der Waals surface area contributed by atoms with E-state index in [0.717, 1.165) is 31.3 Å². The molecule has 0 heterocycles. The van der Waals surface area contributed by atoms with E-state index >= 15 is 0 Å². The topological polar surface area (TPSA) is 54.4 Å². The Hall–Kier alpha value is -1.90. The number of carbonyl (C=O) groups excluding carboxylic acids is 1. The largest absolute Gasteiger partial charge is 0.481 e. The van der Waals surface area contributed by atoms with E-state index in [1.807, 2.05) is 13.0 Å². The Kier molecular flexibility index (Phi) is 7.25. The van der Waals surface area contributed by atoms with Crippen molar-refractivity contribution in [2.24, 2.45) is 22.7 Å². The number of allylic oxidation sites excluding steroid dienone is 1. The molecule has 3 heteroatoms. The fourth-order valence-electron chi connectivity index (χ4n) is 4.97. The fourth-order valence-corrected chi connectivity index (χ4v) is 4.97. The summed E-state index contributed by atoms with van der Waals surface area (Å²) in [6.07, 6.45) is 5.15. The summed E-state index contributed by atoms with van der Waals surface area (Å²) in [7, 11) is 0. The van der Waals surface area contributed by atoms with Crippen LogP contribution in [0.3, 0.4) is 0 Å². The van der Waals surface area contributed by atoms with Gasteiger partial charge in [-0.3, -0.25) is 9.59 Å². The van der Waals surface area contributed by atoms with Gasteiger partial charge >= 0.3 is 5.97 Å². The average Bonchev–Trinajstić information content (AvgIpc) is 2.59. The quantitative estimate of drug-likeness (QED) is 0.372. The third-order valence-corrected chi connectivity index (χ3v) is 6.47. The highest BCUT2D eigenvalue weighted by atomic mass is 16.4. The van der Waals surface area contributed by atoms with Crippen LogP contribution in [0.1, 0.15) is 71.8 Å². The zero-order chi connectivity index (χ0) is 20.9. The molecule has 0 aromatic heterocycles. The fraction of sp³-hybridized carbons (Fsp3) is 0.600. The van der Waals surface area contributed by atoms with E-state index in [4.69, 9.17) is 0 Å². The lowest BCUT2D eigenvalue weighted by Gasteiger charge is -2.50. The van der Waals surface area contributed by atoms with Crippen molar-refractivity contribution in [3.63, 3.8) is 0 Å². The van der Waals surface area contributed by atoms with Crippen LogP contribution in [0.5, 0.6) is 0 Å². The number of unbranched alkanes of at least 4 members (excludes halogenated alkanes) is 1. The molecule has 0 aliphatic heterocycles. The predicted octanol–water partition coefficient (Wildman–Crippen LogP) is 6.08. The molecule has 3 nitrogen and oxygen atoms in total. The van der Waals surface area contributed by atoms with Crippen LogP contribution in [0, 0.1) is 22.7 Å². The van der Waals surface area contributed by atoms with Crippen molar-refractivity contribution in [3.8, 4) is 0 Å². The van der Waals surface area contributed by atoms with Gasteiger partial charge in [0.1, 0.15) is 5.78 Å². The SMILES string of the molecule is C=C(C)C(C)C(CCCCc1ccccc1)C(=O)CC1(C(=O)O)CC(C)(C)C1. The molecule has 1 saturated carbocycles. The maximum absolute atomic E-state index is 13.2. The zero-order valence-corrected chi connectivity index (χ0v) is 18.0. The van der Waals surface area contributed by atoms with Crippen LogP contribution in [0.4, 0.5) is 0 Å². The molecule has 1 aromatic rings. The molecule has 28 heavy (non-hydrogen) atoms. The van der Waals surface area contributed by atoms with Crippen LogP contribution >= 0.6 is 0 Å². The number of carboxylic acids is 1. The second-order valence-electron chi connectivity index (χ2n) is 9.72. The molecule has 1 aromatic carbocycles. The third kappa shape index (κ3) is 5.56. The van der Waals surface area contributed by atoms with Gasteiger partial charge in [-0.1, -0.05) is 69.7 Å². The number of hydrogen-bond donors (Lipinski definition) is 1. The number of ketones is 1. The second-order valence-corrected chi connectivity index (χ2v) is 9.72. The lowest BCUT2D eigenvalue weighted by Crippen LogP contribution is -2.50. The van der Waals surface area contributed by atoms with Crippen LogP contribution in [-0.4, -0.2) is 16.9 Å². The monoisotopic (exact) mass is 384 g/mol. The molecule has 1 fully saturated rings. The first-order valence-corrected chi connectivity index (χ1v) is 10.5. The number of rotatable bonds is 11. The normalized spacial score (nSPS) is 19.3. The molecule has 154 valence electrons. The van der Waals surface area contributed by atoms with E-state index < -0.39 is 11.4 Å². The number of benzene rings is 1. The first-order valence-electron chi connectivity index (χ1n) is 10.5. The van der Waals surface area contributed by atoms with Crippen molar-refractivity contribution in [1.82, 2.24) is 0 Å². The predicted molar refractivity (Wildman–Crippen MR) is 114 cm³/mol. The first-order chi connectivity index (χ1) is 13.1. The van der Waals surface area contributed by atoms with Crippen molar-refractivity contribution < 1.29 is 14.7 Å². The minimum Gasteiger partial charge on any atom is -0.481 e. The molecule has 0 bridgehead atoms. The average molecular weight is 385 g/mol. The molecule has 0 amide bonds. The summed E-state index contributed by atoms with van der Waals surface area (Å²) in [5.74, 6) is -0.754. The molecule has 0 radical (unpaired) electrons. The highest BCUT2D eigenvalue weighted by Crippen LogP contribution is 2.56. The number of carbonyl (C=O) groups is 2. The summed E-state index contributed by atoms with van der Waals surface area (Å²) < 4.78 is 0. The Morgan fingerprint density at radius 3 is 2.25 bits per heavy atom. The minimum atomic E-state index is -0.863. The maximum Gasteiger partial charge on any atom is 0.310 e. The standard InChI is InChI=1S/C25H36O3/c1-18(2)19(3)21(14-10-9-13-20-11-7-6-8-12-20)22(26)15-25(23(27)28)16-24(4,5)17-25/h6-8,11-12,19,21H,1,9-10,13-17H2,2-5H3,(H,27,28). The zero-order valence-electron chi connectivity index (χ0n) is 18.0. The van der Waals surface area contributed by atoms with Gasteiger partial charge in [0.15, 0.2) is 0 Å². The van der Waals surface area contributed by atoms with Gasteiger partial charge in [0, 0.05) is 12.3 Å². The lowest BCUT2D eigenvalue weighted by atomic mass is 9.52. The van der Waals surface area contributed by atoms with Crippen LogP contribution < -0.4 is 0 Å². The molecule has 1 aliphatic carbocycles. The summed E-state index contributed by atoms with van der Waals surface area (Å²) in [5.41, 5.74) is 1.47. The smallest absolute Gasteiger partial charge is 0.310 e. The van der Waals surface area contributed by atoms with E-state index in [0.29, 0.717) is 12.8 Å². The molecule has 0 saturated heterocycles. The van der Waals surface area contributed by atoms with Crippen molar-refractivity contribution in [1.29, 1.82) is 0 Å². The highest BCUT2D eigenvalue weighted by molar-refractivity contribution is 5.88. The Bertz CT molecular complexity index is 694. The second kappa shape index (κ2) is 9.07. The number of hydrogen-bond acceptors (Lipinski definition) is 2. The van der Waals surface area contributed by atoms with Crippen molar-refractivity contribution in [2.45, 2.75) is 72.6 Å². The Morgan fingerprint density at radius 2 is 1.75 bits per heavy atom. The molecular weight excluding hydrogens is 348 g/mol. The molecule has 2 rings (SSSR count). The summed E-state index contributed by atoms with van der Waals surface area (Å²) >= 11 is 0. The summed E-state index contributed by atoms with van der Waals surface area (Å²) in [5, 5.41) is 9.76. The van der Waals surface area contributed by atoms with Crippen LogP contribution in [0.15, 0.2) is 42.5 Å². The number of aryl methyl sites for hydroxylation is 1. The van der Waals surface area contributed by atoms with E-state index in [9.17, 15) is 14.7 Å². The van der Waals surface area contributed by atoms with Gasteiger partial charge in [-0.2, -0.15) is 0 Å². The van der Waals surface area contributed by atoms with Gasteiger partial charge in [0.25, 0.3) is 0 Å². The van der Waals surface area contributed by atoms with Gasteiger partial charge in [-0.15, -0.1) is 0 Å². The van der Waals surface area contributed by atoms with E-state index in [2.05, 4.69) is 51.6 Å². The minimum absolute atomic E-state index is 0.0177. The number of carboxylic acid groups (broad SMARTS) is 1. The van der Waals surface area contributed by atoms with Crippen molar-refractivity contribution in [3.05, 3.63) is 48.0 Å². The molecule has 1 N–H and O–H groups in total. The van der Waals surface area contributed by atoms with Crippen LogP contribution in [0.2, 0.25) is 0 Å². The molecular formula is C25H36O3. The Balaban J connectivity index is 1.98. The van der Waals surface area contributed by atoms with Gasteiger partial charge in [-0.25, -0.2) is 0 Å². The summed E-state index contributed by atoms with van der Waals surface area (Å²) in [6.45, 7) is 12.2. The van der Waals surface area contributed by atoms with Gasteiger partial charge < -0.3 is 5.11 Å². The van der Waals surface area contributed by atoms with Gasteiger partial charge in [0.2, 0.25) is 0 Å². The van der Waals surface area contributed by atoms with Gasteiger partial charge in [0.05, 0.1) is 5.41 Å². The van der Waals surface area contributed by atoms with Crippen molar-refractivity contribution in [2.75, 3.05) is 0 Å². The molecule has 1 aliphatic rings. The first kappa shape index (κ1) is 22.4. The number of Topliss-reactive ketones (excluding diaryl/α,β-unsaturated/α-hetero) is 1. The third-order valence-electron chi connectivity index (χ3n) is 6.47. The summed E-state index contributed by atoms with van der Waals surface area (Å²) in [4.78, 5) is 25.1. The number of aliphatic carboxylic acids is 1. The van der Waals surface area contributed by atoms with Crippen LogP contribution in [-0.2, 0) is 16.0 Å². The Morgan fingerprint density at radius 1 is 1.14 bits per heavy atom. The molecule has 0 spiro atoms. The Labute approximate surface area is 170 Å². The summed E-state index contributed by atoms with van der Waals surface area (Å²) in [6, 6.07) is 10.4. The van der Waals surface area contributed by atoms with Crippen molar-refractivity contribution >= 4 is 11.8 Å². The van der Waals surface area contributed by atoms with Gasteiger partial charge in [-0.05, 0) is 55.9 Å². The van der Waals surface area contributed by atoms with E-state index in [1.165, 1.54) is 5.56 Å². The van der Waals surface area contributed by atoms with E-state index in [-0.39, 0.29) is 29.5 Å². The van der Waals surface area contributed by atoms with E-state index in [1.54, 1.807) is 0 Å².